The number of aliphatic carboxylic acids is 1. The second-order valence-electron chi connectivity index (χ2n) is 2.46. The van der Waals surface area contributed by atoms with E-state index in [-0.39, 0.29) is 41.9 Å². The van der Waals surface area contributed by atoms with Crippen LogP contribution < -0.4 is 34.7 Å². The molecule has 0 saturated heterocycles. The van der Waals surface area contributed by atoms with Gasteiger partial charge in [0.1, 0.15) is 0 Å². The van der Waals surface area contributed by atoms with Crippen LogP contribution in [0.5, 0.6) is 0 Å². The molecule has 0 spiro atoms. The Labute approximate surface area is 82.7 Å². The van der Waals surface area contributed by atoms with E-state index >= 15 is 0 Å². The van der Waals surface area contributed by atoms with E-state index in [1.807, 2.05) is 13.8 Å². The second-order valence-corrected chi connectivity index (χ2v) is 2.46. The van der Waals surface area contributed by atoms with Crippen LogP contribution in [0, 0.1) is 5.92 Å². The molecular weight excluding hydrogens is 143 g/mol. The maximum atomic E-state index is 9.87. The number of rotatable bonds is 3. The van der Waals surface area contributed by atoms with Gasteiger partial charge in [-0.15, -0.1) is 0 Å². The molecule has 3 nitrogen and oxygen atoms in total. The monoisotopic (exact) mass is 154 g/mol. The molecule has 0 aromatic rings. The number of aliphatic hydroxyl groups excluding tert-OH is 1. The Balaban J connectivity index is 0. The molecule has 54 valence electrons. The third kappa shape index (κ3) is 6.55. The van der Waals surface area contributed by atoms with Gasteiger partial charge in [0, 0.05) is 0 Å². The van der Waals surface area contributed by atoms with Crippen LogP contribution in [0.25, 0.3) is 0 Å². The van der Waals surface area contributed by atoms with Crippen molar-refractivity contribution in [3.63, 3.8) is 0 Å². The minimum Gasteiger partial charge on any atom is -0.547 e. The van der Waals surface area contributed by atoms with Crippen molar-refractivity contribution in [2.24, 2.45) is 5.92 Å². The molecule has 0 amide bonds. The third-order valence-corrected chi connectivity index (χ3v) is 0.967. The molecule has 1 unspecified atom stereocenters. The summed E-state index contributed by atoms with van der Waals surface area (Å²) < 4.78 is 0. The fourth-order valence-corrected chi connectivity index (χ4v) is 0.543. The van der Waals surface area contributed by atoms with Crippen LogP contribution in [0.15, 0.2) is 0 Å². The molecule has 0 aromatic heterocycles. The molecule has 0 rings (SSSR count). The van der Waals surface area contributed by atoms with Crippen LogP contribution in [0.2, 0.25) is 0 Å². The Morgan fingerprint density at radius 2 is 2.00 bits per heavy atom. The third-order valence-electron chi connectivity index (χ3n) is 0.967. The van der Waals surface area contributed by atoms with Crippen molar-refractivity contribution in [2.75, 3.05) is 0 Å². The summed E-state index contributed by atoms with van der Waals surface area (Å²) in [6.45, 7) is 3.68. The average molecular weight is 154 g/mol. The second kappa shape index (κ2) is 6.16. The molecule has 0 heterocycles. The predicted octanol–water partition coefficient (Wildman–Crippen LogP) is -3.85. The summed E-state index contributed by atoms with van der Waals surface area (Å²) in [6, 6.07) is 0. The van der Waals surface area contributed by atoms with Gasteiger partial charge in [0.05, 0.1) is 12.1 Å². The molecule has 0 aliphatic heterocycles. The van der Waals surface area contributed by atoms with Gasteiger partial charge in [0.15, 0.2) is 0 Å². The van der Waals surface area contributed by atoms with Gasteiger partial charge in [-0.05, 0) is 12.3 Å². The Kier molecular flexibility index (Phi) is 8.04. The van der Waals surface area contributed by atoms with Crippen molar-refractivity contribution in [1.29, 1.82) is 0 Å². The van der Waals surface area contributed by atoms with E-state index in [0.717, 1.165) is 0 Å². The summed E-state index contributed by atoms with van der Waals surface area (Å²) in [4.78, 5) is 9.87. The summed E-state index contributed by atoms with van der Waals surface area (Å²) >= 11 is 0. The molecule has 0 bridgehead atoms. The molecule has 1 N–H and O–H groups in total. The van der Waals surface area contributed by atoms with Crippen LogP contribution in [-0.4, -0.2) is 17.2 Å². The molecule has 4 heteroatoms. The van der Waals surface area contributed by atoms with E-state index in [4.69, 9.17) is 5.11 Å². The van der Waals surface area contributed by atoms with Crippen LogP contribution in [0.4, 0.5) is 0 Å². The van der Waals surface area contributed by atoms with E-state index in [9.17, 15) is 9.90 Å². The zero-order valence-electron chi connectivity index (χ0n) is 6.63. The number of carboxylic acids is 1. The maximum absolute atomic E-state index is 9.87. The first-order valence-electron chi connectivity index (χ1n) is 2.93. The SMILES string of the molecule is CC(C)CC(O)C(=O)[O-].[Na+]. The standard InChI is InChI=1S/C6H12O3.Na/c1-4(2)3-5(7)6(8)9;/h4-5,7H,3H2,1-2H3,(H,8,9);/q;+1/p-1. The van der Waals surface area contributed by atoms with Crippen molar-refractivity contribution in [3.05, 3.63) is 0 Å². The van der Waals surface area contributed by atoms with Gasteiger partial charge in [-0.2, -0.15) is 0 Å². The van der Waals surface area contributed by atoms with Crippen molar-refractivity contribution >= 4 is 5.97 Å². The topological polar surface area (TPSA) is 60.4 Å². The number of carbonyl (C=O) groups is 1. The van der Waals surface area contributed by atoms with E-state index in [0.29, 0.717) is 0 Å². The van der Waals surface area contributed by atoms with Gasteiger partial charge in [-0.1, -0.05) is 13.8 Å². The number of carboxylic acid groups (broad SMARTS) is 1. The summed E-state index contributed by atoms with van der Waals surface area (Å²) in [7, 11) is 0. The summed E-state index contributed by atoms with van der Waals surface area (Å²) in [5.74, 6) is -1.19. The van der Waals surface area contributed by atoms with Gasteiger partial charge in [0.2, 0.25) is 0 Å². The summed E-state index contributed by atoms with van der Waals surface area (Å²) in [5.41, 5.74) is 0. The number of carbonyl (C=O) groups excluding carboxylic acids is 1. The van der Waals surface area contributed by atoms with E-state index in [2.05, 4.69) is 0 Å². The fraction of sp³-hybridized carbons (Fsp3) is 0.833. The quantitative estimate of drug-likeness (QED) is 0.423. The van der Waals surface area contributed by atoms with Crippen LogP contribution >= 0.6 is 0 Å². The van der Waals surface area contributed by atoms with Gasteiger partial charge in [-0.3, -0.25) is 0 Å². The summed E-state index contributed by atoms with van der Waals surface area (Å²) in [5, 5.41) is 18.5. The number of hydrogen-bond donors (Lipinski definition) is 1. The zero-order valence-corrected chi connectivity index (χ0v) is 8.63. The van der Waals surface area contributed by atoms with Crippen LogP contribution in [0.3, 0.4) is 0 Å². The maximum Gasteiger partial charge on any atom is 1.00 e. The molecule has 0 aromatic carbocycles. The van der Waals surface area contributed by atoms with Gasteiger partial charge < -0.3 is 15.0 Å². The Bertz CT molecular complexity index is 103. The number of hydrogen-bond acceptors (Lipinski definition) is 3. The average Bonchev–Trinajstić information content (AvgIpc) is 1.63. The van der Waals surface area contributed by atoms with Crippen molar-refractivity contribution in [3.8, 4) is 0 Å². The summed E-state index contributed by atoms with van der Waals surface area (Å²) in [6.07, 6.45) is -1.03. The van der Waals surface area contributed by atoms with Gasteiger partial charge >= 0.3 is 29.6 Å². The molecule has 0 fully saturated rings. The van der Waals surface area contributed by atoms with Crippen LogP contribution in [0.1, 0.15) is 20.3 Å². The van der Waals surface area contributed by atoms with Crippen molar-refractivity contribution < 1.29 is 44.6 Å². The van der Waals surface area contributed by atoms with Gasteiger partial charge in [0.25, 0.3) is 0 Å². The molecule has 0 aliphatic carbocycles. The first-order valence-corrected chi connectivity index (χ1v) is 2.93. The smallest absolute Gasteiger partial charge is 0.547 e. The van der Waals surface area contributed by atoms with E-state index in [1.54, 1.807) is 0 Å². The van der Waals surface area contributed by atoms with Crippen molar-refractivity contribution in [2.45, 2.75) is 26.4 Å². The zero-order chi connectivity index (χ0) is 7.44. The minimum absolute atomic E-state index is 0. The van der Waals surface area contributed by atoms with Crippen molar-refractivity contribution in [1.82, 2.24) is 0 Å². The van der Waals surface area contributed by atoms with Crippen LogP contribution in [-0.2, 0) is 4.79 Å². The molecule has 10 heavy (non-hydrogen) atoms. The van der Waals surface area contributed by atoms with E-state index in [1.165, 1.54) is 0 Å². The molecule has 0 saturated carbocycles. The molecular formula is C6H11NaO3. The molecule has 1 atom stereocenters. The molecule has 0 radical (unpaired) electrons. The normalized spacial score (nSPS) is 12.4. The Morgan fingerprint density at radius 1 is 1.60 bits per heavy atom. The predicted molar refractivity (Wildman–Crippen MR) is 30.5 cm³/mol. The molecule has 0 aliphatic rings. The fourth-order valence-electron chi connectivity index (χ4n) is 0.543. The first kappa shape index (κ1) is 13.1. The minimum atomic E-state index is -1.39. The Hall–Kier alpha value is 0.430. The van der Waals surface area contributed by atoms with E-state index < -0.39 is 12.1 Å². The van der Waals surface area contributed by atoms with Gasteiger partial charge in [-0.25, -0.2) is 0 Å². The number of aliphatic hydroxyl groups is 1. The first-order chi connectivity index (χ1) is 4.04. The largest absolute Gasteiger partial charge is 1.00 e. The Morgan fingerprint density at radius 3 is 2.10 bits per heavy atom.